The molecule has 0 aliphatic carbocycles. The summed E-state index contributed by atoms with van der Waals surface area (Å²) in [5.41, 5.74) is -5.20. The molecular formula is C18H12Cl2F4N2O2. The highest BCUT2D eigenvalue weighted by Crippen LogP contribution is 2.51. The van der Waals surface area contributed by atoms with Crippen molar-refractivity contribution in [1.29, 1.82) is 5.26 Å². The molecule has 1 aromatic heterocycles. The number of halogens is 6. The number of aromatic nitrogens is 1. The topological polar surface area (TPSA) is 66.1 Å². The Hall–Kier alpha value is -2.08. The summed E-state index contributed by atoms with van der Waals surface area (Å²) in [5, 5.41) is 19.2. The lowest BCUT2D eigenvalue weighted by Crippen LogP contribution is -2.55. The van der Waals surface area contributed by atoms with Gasteiger partial charge < -0.3 is 9.84 Å². The van der Waals surface area contributed by atoms with Crippen LogP contribution >= 0.6 is 23.2 Å². The number of aliphatic hydroxyl groups is 1. The molecule has 3 rings (SSSR count). The van der Waals surface area contributed by atoms with E-state index >= 15 is 0 Å². The largest absolute Gasteiger partial charge is 0.482 e. The number of hydrogen-bond acceptors (Lipinski definition) is 4. The highest BCUT2D eigenvalue weighted by Gasteiger charge is 2.59. The number of benzene rings is 1. The predicted octanol–water partition coefficient (Wildman–Crippen LogP) is 4.93. The summed E-state index contributed by atoms with van der Waals surface area (Å²) in [6.07, 6.45) is -7.02. The number of nitriles is 1. The normalized spacial score (nSPS) is 20.4. The molecule has 1 N–H and O–H groups in total. The van der Waals surface area contributed by atoms with Crippen LogP contribution in [0.1, 0.15) is 30.0 Å². The quantitative estimate of drug-likeness (QED) is 0.546. The van der Waals surface area contributed by atoms with E-state index in [0.717, 1.165) is 18.2 Å². The molecule has 2 unspecified atom stereocenters. The summed E-state index contributed by atoms with van der Waals surface area (Å²) in [4.78, 5) is 3.62. The van der Waals surface area contributed by atoms with Crippen LogP contribution in [-0.4, -0.2) is 21.9 Å². The molecule has 0 amide bonds. The van der Waals surface area contributed by atoms with Crippen LogP contribution in [0.5, 0.6) is 5.75 Å². The summed E-state index contributed by atoms with van der Waals surface area (Å²) in [5.74, 6) is -0.399. The Kier molecular flexibility index (Phi) is 4.99. The fraction of sp³-hybridized carbons (Fsp3) is 0.333. The number of fused-ring (bicyclic) bond motifs is 1. The summed E-state index contributed by atoms with van der Waals surface area (Å²) in [6.45, 7) is 1.32. The van der Waals surface area contributed by atoms with E-state index in [4.69, 9.17) is 27.9 Å². The Morgan fingerprint density at radius 3 is 2.57 bits per heavy atom. The molecule has 0 radical (unpaired) electrons. The Morgan fingerprint density at radius 1 is 1.29 bits per heavy atom. The number of ether oxygens (including phenoxy) is 1. The van der Waals surface area contributed by atoms with Crippen LogP contribution in [0.4, 0.5) is 17.6 Å². The molecule has 10 heteroatoms. The summed E-state index contributed by atoms with van der Waals surface area (Å²) >= 11 is 11.5. The average molecular weight is 435 g/mol. The highest BCUT2D eigenvalue weighted by atomic mass is 35.5. The Bertz CT molecular complexity index is 993. The molecular weight excluding hydrogens is 423 g/mol. The molecule has 0 fully saturated rings. The van der Waals surface area contributed by atoms with Crippen molar-refractivity contribution in [1.82, 2.24) is 4.98 Å². The number of nitrogens with zero attached hydrogens (tertiary/aromatic N) is 2. The third-order valence-corrected chi connectivity index (χ3v) is 5.09. The second-order valence-electron chi connectivity index (χ2n) is 6.74. The van der Waals surface area contributed by atoms with E-state index in [1.165, 1.54) is 13.0 Å². The first-order valence-corrected chi connectivity index (χ1v) is 8.67. The Balaban J connectivity index is 2.01. The van der Waals surface area contributed by atoms with Crippen molar-refractivity contribution in [2.45, 2.75) is 37.1 Å². The maximum atomic E-state index is 13.8. The monoisotopic (exact) mass is 434 g/mol. The first-order valence-electron chi connectivity index (χ1n) is 7.92. The minimum Gasteiger partial charge on any atom is -0.482 e. The van der Waals surface area contributed by atoms with Gasteiger partial charge in [-0.3, -0.25) is 0 Å². The zero-order valence-corrected chi connectivity index (χ0v) is 15.8. The minimum atomic E-state index is -5.09. The van der Waals surface area contributed by atoms with Crippen LogP contribution in [0.25, 0.3) is 0 Å². The third-order valence-electron chi connectivity index (χ3n) is 4.62. The zero-order chi connectivity index (χ0) is 20.9. The van der Waals surface area contributed by atoms with E-state index in [1.54, 1.807) is 6.07 Å². The van der Waals surface area contributed by atoms with Gasteiger partial charge in [0.25, 0.3) is 0 Å². The lowest BCUT2D eigenvalue weighted by molar-refractivity contribution is -0.275. The van der Waals surface area contributed by atoms with Gasteiger partial charge in [0.05, 0.1) is 5.56 Å². The minimum absolute atomic E-state index is 0.210. The SMILES string of the molecule is CC1(CC(O)(Cc2cc(Cl)nc(Cl)c2C#N)C(F)(F)F)Oc2ccc(F)cc21. The molecule has 28 heavy (non-hydrogen) atoms. The van der Waals surface area contributed by atoms with Gasteiger partial charge in [0.1, 0.15) is 33.5 Å². The predicted molar refractivity (Wildman–Crippen MR) is 92.7 cm³/mol. The zero-order valence-electron chi connectivity index (χ0n) is 14.2. The second-order valence-corrected chi connectivity index (χ2v) is 7.48. The van der Waals surface area contributed by atoms with Gasteiger partial charge in [-0.2, -0.15) is 18.4 Å². The molecule has 1 aliphatic rings. The molecule has 0 saturated heterocycles. The molecule has 0 spiro atoms. The molecule has 1 aromatic carbocycles. The van der Waals surface area contributed by atoms with Crippen molar-refractivity contribution in [3.8, 4) is 11.8 Å². The Labute approximate surface area is 167 Å². The highest BCUT2D eigenvalue weighted by molar-refractivity contribution is 6.33. The molecule has 2 heterocycles. The van der Waals surface area contributed by atoms with Crippen LogP contribution in [0.2, 0.25) is 10.3 Å². The van der Waals surface area contributed by atoms with E-state index in [0.29, 0.717) is 0 Å². The molecule has 1 aliphatic heterocycles. The average Bonchev–Trinajstić information content (AvgIpc) is 2.54. The molecule has 148 valence electrons. The summed E-state index contributed by atoms with van der Waals surface area (Å²) in [7, 11) is 0. The van der Waals surface area contributed by atoms with E-state index in [2.05, 4.69) is 4.98 Å². The van der Waals surface area contributed by atoms with Crippen molar-refractivity contribution in [3.05, 3.63) is 57.1 Å². The number of pyridine rings is 1. The molecule has 0 bridgehead atoms. The van der Waals surface area contributed by atoms with Gasteiger partial charge in [0, 0.05) is 18.4 Å². The van der Waals surface area contributed by atoms with Crippen molar-refractivity contribution in [2.75, 3.05) is 0 Å². The van der Waals surface area contributed by atoms with Gasteiger partial charge in [0.2, 0.25) is 0 Å². The van der Waals surface area contributed by atoms with E-state index in [9.17, 15) is 27.9 Å². The van der Waals surface area contributed by atoms with Crippen LogP contribution < -0.4 is 4.74 Å². The standard InChI is InChI=1S/C18H12Cl2F4N2O2/c1-16(12-5-10(21)2-3-13(12)28-16)8-17(27,18(22,23)24)6-9-4-14(19)26-15(20)11(9)7-25/h2-5,27H,6,8H2,1H3. The number of rotatable bonds is 4. The van der Waals surface area contributed by atoms with Gasteiger partial charge in [0.15, 0.2) is 5.60 Å². The lowest BCUT2D eigenvalue weighted by Gasteiger charge is -2.46. The lowest BCUT2D eigenvalue weighted by atomic mass is 9.76. The number of hydrogen-bond donors (Lipinski definition) is 1. The van der Waals surface area contributed by atoms with Crippen molar-refractivity contribution < 1.29 is 27.4 Å². The number of alkyl halides is 3. The Morgan fingerprint density at radius 2 is 1.96 bits per heavy atom. The van der Waals surface area contributed by atoms with Crippen LogP contribution in [0.3, 0.4) is 0 Å². The molecule has 4 nitrogen and oxygen atoms in total. The van der Waals surface area contributed by atoms with E-state index < -0.39 is 36.0 Å². The summed E-state index contributed by atoms with van der Waals surface area (Å²) in [6, 6.07) is 6.19. The van der Waals surface area contributed by atoms with Gasteiger partial charge in [-0.25, -0.2) is 9.37 Å². The van der Waals surface area contributed by atoms with Crippen molar-refractivity contribution >= 4 is 23.2 Å². The maximum Gasteiger partial charge on any atom is 0.417 e. The van der Waals surface area contributed by atoms with Crippen LogP contribution in [0, 0.1) is 17.1 Å². The van der Waals surface area contributed by atoms with Gasteiger partial charge in [-0.15, -0.1) is 0 Å². The van der Waals surface area contributed by atoms with E-state index in [-0.39, 0.29) is 32.7 Å². The van der Waals surface area contributed by atoms with Gasteiger partial charge in [-0.1, -0.05) is 23.2 Å². The summed E-state index contributed by atoms with van der Waals surface area (Å²) < 4.78 is 60.4. The van der Waals surface area contributed by atoms with Crippen molar-refractivity contribution in [2.24, 2.45) is 0 Å². The molecule has 0 saturated carbocycles. The third kappa shape index (κ3) is 3.50. The second kappa shape index (κ2) is 6.76. The van der Waals surface area contributed by atoms with E-state index in [1.807, 2.05) is 0 Å². The van der Waals surface area contributed by atoms with Gasteiger partial charge in [-0.05, 0) is 36.8 Å². The maximum absolute atomic E-state index is 13.8. The smallest absolute Gasteiger partial charge is 0.417 e. The van der Waals surface area contributed by atoms with Crippen LogP contribution in [0.15, 0.2) is 24.3 Å². The molecule has 2 aromatic rings. The van der Waals surface area contributed by atoms with Crippen molar-refractivity contribution in [3.63, 3.8) is 0 Å². The molecule has 2 atom stereocenters. The van der Waals surface area contributed by atoms with Crippen LogP contribution in [-0.2, 0) is 12.0 Å². The van der Waals surface area contributed by atoms with Gasteiger partial charge >= 0.3 is 6.18 Å². The fourth-order valence-electron chi connectivity index (χ4n) is 3.31. The fourth-order valence-corrected chi connectivity index (χ4v) is 3.83. The first kappa shape index (κ1) is 20.6. The first-order chi connectivity index (χ1) is 12.9.